The zero-order valence-electron chi connectivity index (χ0n) is 13.9. The van der Waals surface area contributed by atoms with E-state index in [0.29, 0.717) is 25.2 Å². The molecule has 0 unspecified atom stereocenters. The largest absolute Gasteiger partial charge is 0.375 e. The summed E-state index contributed by atoms with van der Waals surface area (Å²) in [4.78, 5) is 17.3. The van der Waals surface area contributed by atoms with Crippen molar-refractivity contribution >= 4 is 5.91 Å². The molecular weight excluding hydrogens is 288 g/mol. The van der Waals surface area contributed by atoms with Crippen LogP contribution in [0.25, 0.3) is 0 Å². The van der Waals surface area contributed by atoms with Gasteiger partial charge >= 0.3 is 0 Å². The number of amides is 1. The molecule has 0 radical (unpaired) electrons. The van der Waals surface area contributed by atoms with Crippen LogP contribution in [-0.2, 0) is 16.0 Å². The van der Waals surface area contributed by atoms with Gasteiger partial charge in [0.1, 0.15) is 0 Å². The van der Waals surface area contributed by atoms with Crippen molar-refractivity contribution in [2.45, 2.75) is 50.8 Å². The molecule has 0 bridgehead atoms. The summed E-state index contributed by atoms with van der Waals surface area (Å²) in [6.45, 7) is 4.76. The number of morpholine rings is 1. The van der Waals surface area contributed by atoms with Gasteiger partial charge in [-0.05, 0) is 43.7 Å². The molecule has 0 N–H and O–H groups in total. The van der Waals surface area contributed by atoms with E-state index in [-0.39, 0.29) is 12.0 Å². The zero-order chi connectivity index (χ0) is 15.8. The number of carbonyl (C=O) groups is 1. The molecule has 4 rings (SSSR count). The third kappa shape index (κ3) is 3.15. The highest BCUT2D eigenvalue weighted by atomic mass is 16.5. The second kappa shape index (κ2) is 6.25. The van der Waals surface area contributed by atoms with Crippen LogP contribution in [0.2, 0.25) is 0 Å². The zero-order valence-corrected chi connectivity index (χ0v) is 13.9. The van der Waals surface area contributed by atoms with Gasteiger partial charge in [-0.25, -0.2) is 0 Å². The highest BCUT2D eigenvalue weighted by Gasteiger charge is 2.39. The third-order valence-electron chi connectivity index (χ3n) is 5.43. The van der Waals surface area contributed by atoms with Gasteiger partial charge in [0.15, 0.2) is 0 Å². The summed E-state index contributed by atoms with van der Waals surface area (Å²) in [5, 5.41) is 0. The van der Waals surface area contributed by atoms with Gasteiger partial charge in [0.05, 0.1) is 19.3 Å². The van der Waals surface area contributed by atoms with Crippen LogP contribution in [0.3, 0.4) is 0 Å². The Bertz CT molecular complexity index is 584. The molecule has 1 heterocycles. The Morgan fingerprint density at radius 1 is 1.30 bits per heavy atom. The lowest BCUT2D eigenvalue weighted by Crippen LogP contribution is -2.49. The predicted molar refractivity (Wildman–Crippen MR) is 89.2 cm³/mol. The minimum Gasteiger partial charge on any atom is -0.375 e. The Hall–Kier alpha value is -1.39. The van der Waals surface area contributed by atoms with E-state index in [4.69, 9.17) is 4.74 Å². The quantitative estimate of drug-likeness (QED) is 0.855. The summed E-state index contributed by atoms with van der Waals surface area (Å²) in [6.07, 6.45) is 4.95. The maximum Gasteiger partial charge on any atom is 0.236 e. The normalized spacial score (nSPS) is 27.3. The van der Waals surface area contributed by atoms with Gasteiger partial charge in [-0.2, -0.15) is 0 Å². The number of hydrogen-bond donors (Lipinski definition) is 0. The van der Waals surface area contributed by atoms with Crippen molar-refractivity contribution in [2.24, 2.45) is 0 Å². The van der Waals surface area contributed by atoms with Crippen molar-refractivity contribution in [1.29, 1.82) is 0 Å². The number of fused-ring (bicyclic) bond motifs is 1. The van der Waals surface area contributed by atoms with E-state index in [1.807, 2.05) is 11.8 Å². The Morgan fingerprint density at radius 3 is 2.91 bits per heavy atom. The first-order valence-electron chi connectivity index (χ1n) is 8.95. The maximum absolute atomic E-state index is 12.8. The molecular formula is C19H26N2O2. The van der Waals surface area contributed by atoms with E-state index in [1.165, 1.54) is 24.0 Å². The van der Waals surface area contributed by atoms with Crippen LogP contribution in [0.4, 0.5) is 0 Å². The SMILES string of the molecule is C[C@@H]1CN(C(=O)CN(C2CC2)[C@@H]2CCc3ccccc32)CCO1. The number of rotatable bonds is 4. The van der Waals surface area contributed by atoms with Crippen LogP contribution in [0.5, 0.6) is 0 Å². The number of carbonyl (C=O) groups excluding carboxylic acids is 1. The molecule has 2 aliphatic carbocycles. The molecule has 1 aliphatic heterocycles. The molecule has 4 heteroatoms. The number of ether oxygens (including phenoxy) is 1. The van der Waals surface area contributed by atoms with Crippen molar-refractivity contribution in [1.82, 2.24) is 9.80 Å². The Morgan fingerprint density at radius 2 is 2.13 bits per heavy atom. The molecule has 0 aromatic heterocycles. The second-order valence-corrected chi connectivity index (χ2v) is 7.18. The minimum absolute atomic E-state index is 0.161. The van der Waals surface area contributed by atoms with Crippen molar-refractivity contribution < 1.29 is 9.53 Å². The maximum atomic E-state index is 12.8. The second-order valence-electron chi connectivity index (χ2n) is 7.18. The predicted octanol–water partition coefficient (Wildman–Crippen LogP) is 2.39. The standard InChI is InChI=1S/C19H26N2O2/c1-14-12-20(10-11-23-14)19(22)13-21(16-7-8-16)18-9-6-15-4-2-3-5-17(15)18/h2-5,14,16,18H,6-13H2,1H3/t14-,18-/m1/s1. The molecule has 124 valence electrons. The molecule has 1 aromatic rings. The van der Waals surface area contributed by atoms with Gasteiger partial charge in [-0.3, -0.25) is 9.69 Å². The molecule has 2 fully saturated rings. The summed E-state index contributed by atoms with van der Waals surface area (Å²) >= 11 is 0. The lowest BCUT2D eigenvalue weighted by Gasteiger charge is -2.35. The minimum atomic E-state index is 0.161. The van der Waals surface area contributed by atoms with Crippen LogP contribution in [-0.4, -0.2) is 54.1 Å². The van der Waals surface area contributed by atoms with Crippen LogP contribution >= 0.6 is 0 Å². The van der Waals surface area contributed by atoms with Gasteiger partial charge in [0, 0.05) is 25.2 Å². The van der Waals surface area contributed by atoms with E-state index in [9.17, 15) is 4.79 Å². The van der Waals surface area contributed by atoms with Crippen LogP contribution in [0, 0.1) is 0 Å². The lowest BCUT2D eigenvalue weighted by molar-refractivity contribution is -0.140. The van der Waals surface area contributed by atoms with Gasteiger partial charge < -0.3 is 9.64 Å². The van der Waals surface area contributed by atoms with Crippen LogP contribution < -0.4 is 0 Å². The van der Waals surface area contributed by atoms with Crippen molar-refractivity contribution in [3.05, 3.63) is 35.4 Å². The summed E-state index contributed by atoms with van der Waals surface area (Å²) in [5.41, 5.74) is 2.91. The molecule has 4 nitrogen and oxygen atoms in total. The number of benzene rings is 1. The molecule has 1 saturated heterocycles. The first-order valence-corrected chi connectivity index (χ1v) is 8.95. The lowest BCUT2D eigenvalue weighted by atomic mass is 10.1. The molecule has 23 heavy (non-hydrogen) atoms. The Balaban J connectivity index is 1.48. The van der Waals surface area contributed by atoms with Gasteiger partial charge in [-0.15, -0.1) is 0 Å². The third-order valence-corrected chi connectivity index (χ3v) is 5.43. The fraction of sp³-hybridized carbons (Fsp3) is 0.632. The van der Waals surface area contributed by atoms with E-state index in [1.54, 1.807) is 0 Å². The average molecular weight is 314 g/mol. The topological polar surface area (TPSA) is 32.8 Å². The summed E-state index contributed by atoms with van der Waals surface area (Å²) in [7, 11) is 0. The highest BCUT2D eigenvalue weighted by molar-refractivity contribution is 5.78. The molecule has 0 spiro atoms. The van der Waals surface area contributed by atoms with Gasteiger partial charge in [0.2, 0.25) is 5.91 Å². The smallest absolute Gasteiger partial charge is 0.236 e. The summed E-state index contributed by atoms with van der Waals surface area (Å²) in [5.74, 6) is 0.274. The fourth-order valence-electron chi connectivity index (χ4n) is 4.08. The number of aryl methyl sites for hydroxylation is 1. The Labute approximate surface area is 138 Å². The molecule has 1 saturated carbocycles. The first kappa shape index (κ1) is 15.2. The van der Waals surface area contributed by atoms with Crippen LogP contribution in [0.1, 0.15) is 43.4 Å². The summed E-state index contributed by atoms with van der Waals surface area (Å²) in [6, 6.07) is 9.79. The van der Waals surface area contributed by atoms with Gasteiger partial charge in [-0.1, -0.05) is 24.3 Å². The highest BCUT2D eigenvalue weighted by Crippen LogP contribution is 2.41. The monoisotopic (exact) mass is 314 g/mol. The van der Waals surface area contributed by atoms with E-state index in [0.717, 1.165) is 25.9 Å². The van der Waals surface area contributed by atoms with E-state index >= 15 is 0 Å². The van der Waals surface area contributed by atoms with Crippen molar-refractivity contribution in [3.8, 4) is 0 Å². The molecule has 2 atom stereocenters. The van der Waals surface area contributed by atoms with E-state index in [2.05, 4.69) is 29.2 Å². The number of nitrogens with zero attached hydrogens (tertiary/aromatic N) is 2. The van der Waals surface area contributed by atoms with Crippen LogP contribution in [0.15, 0.2) is 24.3 Å². The fourth-order valence-corrected chi connectivity index (χ4v) is 4.08. The Kier molecular flexibility index (Phi) is 4.12. The number of hydrogen-bond acceptors (Lipinski definition) is 3. The van der Waals surface area contributed by atoms with E-state index < -0.39 is 0 Å². The average Bonchev–Trinajstić information content (AvgIpc) is 3.32. The molecule has 1 amide bonds. The summed E-state index contributed by atoms with van der Waals surface area (Å²) < 4.78 is 5.56. The first-order chi connectivity index (χ1) is 11.2. The van der Waals surface area contributed by atoms with Crippen molar-refractivity contribution in [3.63, 3.8) is 0 Å². The molecule has 1 aromatic carbocycles. The molecule has 3 aliphatic rings. The van der Waals surface area contributed by atoms with Gasteiger partial charge in [0.25, 0.3) is 0 Å². The van der Waals surface area contributed by atoms with Crippen molar-refractivity contribution in [2.75, 3.05) is 26.2 Å².